The van der Waals surface area contributed by atoms with Crippen LogP contribution in [0.2, 0.25) is 5.02 Å². The van der Waals surface area contributed by atoms with Crippen molar-refractivity contribution in [3.8, 4) is 11.1 Å². The Kier molecular flexibility index (Phi) is 6.63. The average Bonchev–Trinajstić information content (AvgIpc) is 2.68. The third-order valence-electron chi connectivity index (χ3n) is 4.68. The lowest BCUT2D eigenvalue weighted by atomic mass is 9.98. The quantitative estimate of drug-likeness (QED) is 0.514. The first kappa shape index (κ1) is 21.4. The Morgan fingerprint density at radius 2 is 1.59 bits per heavy atom. The highest BCUT2D eigenvalue weighted by Gasteiger charge is 2.33. The molecule has 0 aliphatic heterocycles. The second-order valence-electron chi connectivity index (χ2n) is 6.98. The van der Waals surface area contributed by atoms with Gasteiger partial charge >= 0.3 is 6.18 Å². The molecule has 152 valence electrons. The van der Waals surface area contributed by atoms with Crippen LogP contribution >= 0.6 is 11.6 Å². The first-order valence-electron chi connectivity index (χ1n) is 9.12. The maximum Gasteiger partial charge on any atom is 0.417 e. The summed E-state index contributed by atoms with van der Waals surface area (Å²) in [6.07, 6.45) is -5.08. The van der Waals surface area contributed by atoms with Gasteiger partial charge in [0.1, 0.15) is 0 Å². The minimum atomic E-state index is -4.45. The number of hydrogen-bond donors (Lipinski definition) is 1. The van der Waals surface area contributed by atoms with Crippen LogP contribution in [-0.2, 0) is 12.7 Å². The van der Waals surface area contributed by atoms with Crippen molar-refractivity contribution in [2.45, 2.75) is 18.8 Å². The molecule has 0 spiro atoms. The molecule has 1 atom stereocenters. The summed E-state index contributed by atoms with van der Waals surface area (Å²) in [4.78, 5) is 1.94. The van der Waals surface area contributed by atoms with Crippen molar-refractivity contribution < 1.29 is 18.3 Å². The van der Waals surface area contributed by atoms with Gasteiger partial charge in [-0.1, -0.05) is 72.3 Å². The molecule has 2 nitrogen and oxygen atoms in total. The van der Waals surface area contributed by atoms with Crippen LogP contribution < -0.4 is 0 Å². The van der Waals surface area contributed by atoms with Crippen molar-refractivity contribution in [1.29, 1.82) is 0 Å². The van der Waals surface area contributed by atoms with Gasteiger partial charge in [-0.05, 0) is 35.9 Å². The Balaban J connectivity index is 1.75. The number of rotatable bonds is 6. The summed E-state index contributed by atoms with van der Waals surface area (Å²) < 4.78 is 39.9. The van der Waals surface area contributed by atoms with E-state index in [0.29, 0.717) is 18.7 Å². The Labute approximate surface area is 173 Å². The molecule has 0 aliphatic carbocycles. The van der Waals surface area contributed by atoms with Gasteiger partial charge in [-0.25, -0.2) is 0 Å². The van der Waals surface area contributed by atoms with E-state index in [1.807, 2.05) is 42.3 Å². The molecule has 0 amide bonds. The lowest BCUT2D eigenvalue weighted by Gasteiger charge is -2.21. The topological polar surface area (TPSA) is 23.5 Å². The van der Waals surface area contributed by atoms with Gasteiger partial charge < -0.3 is 5.11 Å². The Hall–Kier alpha value is -2.34. The summed E-state index contributed by atoms with van der Waals surface area (Å²) in [6, 6.07) is 19.8. The highest BCUT2D eigenvalue weighted by Crippen LogP contribution is 2.39. The molecule has 3 aromatic carbocycles. The van der Waals surface area contributed by atoms with Crippen molar-refractivity contribution in [3.63, 3.8) is 0 Å². The van der Waals surface area contributed by atoms with Gasteiger partial charge in [0.25, 0.3) is 0 Å². The third kappa shape index (κ3) is 5.38. The number of aliphatic hydroxyl groups excluding tert-OH is 1. The molecule has 0 fully saturated rings. The van der Waals surface area contributed by atoms with Gasteiger partial charge in [-0.15, -0.1) is 0 Å². The van der Waals surface area contributed by atoms with E-state index in [1.165, 1.54) is 12.1 Å². The molecule has 0 radical (unpaired) electrons. The SMILES string of the molecule is CN(Cc1ccc(-c2ccccc2C(F)(F)F)c(Cl)c1)CC(O)c1ccccc1. The molecule has 1 unspecified atom stereocenters. The van der Waals surface area contributed by atoms with Gasteiger partial charge in [0, 0.05) is 23.7 Å². The largest absolute Gasteiger partial charge is 0.417 e. The highest BCUT2D eigenvalue weighted by atomic mass is 35.5. The van der Waals surface area contributed by atoms with Crippen molar-refractivity contribution in [2.75, 3.05) is 13.6 Å². The number of benzene rings is 3. The fourth-order valence-electron chi connectivity index (χ4n) is 3.29. The van der Waals surface area contributed by atoms with E-state index >= 15 is 0 Å². The van der Waals surface area contributed by atoms with Gasteiger partial charge in [0.2, 0.25) is 0 Å². The molecule has 3 aromatic rings. The summed E-state index contributed by atoms with van der Waals surface area (Å²) in [5, 5.41) is 10.6. The third-order valence-corrected chi connectivity index (χ3v) is 4.99. The van der Waals surface area contributed by atoms with E-state index < -0.39 is 17.8 Å². The predicted molar refractivity (Wildman–Crippen MR) is 110 cm³/mol. The molecule has 0 aliphatic rings. The minimum absolute atomic E-state index is 0.0596. The number of aliphatic hydroxyl groups is 1. The van der Waals surface area contributed by atoms with Crippen molar-refractivity contribution in [2.24, 2.45) is 0 Å². The Morgan fingerprint density at radius 3 is 2.24 bits per heavy atom. The Morgan fingerprint density at radius 1 is 0.931 bits per heavy atom. The van der Waals surface area contributed by atoms with E-state index in [2.05, 4.69) is 0 Å². The number of likely N-dealkylation sites (N-methyl/N-ethyl adjacent to an activating group) is 1. The van der Waals surface area contributed by atoms with Gasteiger partial charge in [0.05, 0.1) is 11.7 Å². The zero-order chi connectivity index (χ0) is 21.0. The van der Waals surface area contributed by atoms with Crippen LogP contribution in [-0.4, -0.2) is 23.6 Å². The summed E-state index contributed by atoms with van der Waals surface area (Å²) in [7, 11) is 1.87. The maximum atomic E-state index is 13.3. The molecule has 0 saturated heterocycles. The molecule has 0 aromatic heterocycles. The maximum absolute atomic E-state index is 13.3. The predicted octanol–water partition coefficient (Wildman–Crippen LogP) is 6.19. The molecular formula is C23H21ClF3NO. The molecule has 0 saturated carbocycles. The monoisotopic (exact) mass is 419 g/mol. The van der Waals surface area contributed by atoms with Crippen molar-refractivity contribution >= 4 is 11.6 Å². The summed E-state index contributed by atoms with van der Waals surface area (Å²) in [6.45, 7) is 0.922. The standard InChI is InChI=1S/C23H21ClF3NO/c1-28(15-22(29)17-7-3-2-4-8-17)14-16-11-12-19(21(24)13-16)18-9-5-6-10-20(18)23(25,26)27/h2-13,22,29H,14-15H2,1H3. The molecule has 3 rings (SSSR count). The lowest BCUT2D eigenvalue weighted by Crippen LogP contribution is -2.24. The lowest BCUT2D eigenvalue weighted by molar-refractivity contribution is -0.137. The van der Waals surface area contributed by atoms with Crippen LogP contribution in [0.1, 0.15) is 22.8 Å². The molecule has 6 heteroatoms. The van der Waals surface area contributed by atoms with Crippen LogP contribution in [0.4, 0.5) is 13.2 Å². The molecule has 1 N–H and O–H groups in total. The second kappa shape index (κ2) is 8.99. The number of halogens is 4. The molecule has 0 bridgehead atoms. The molecule has 29 heavy (non-hydrogen) atoms. The van der Waals surface area contributed by atoms with Gasteiger partial charge in [-0.2, -0.15) is 13.2 Å². The van der Waals surface area contributed by atoms with Gasteiger partial charge in [-0.3, -0.25) is 4.90 Å². The summed E-state index contributed by atoms with van der Waals surface area (Å²) in [5.41, 5.74) is 1.37. The van der Waals surface area contributed by atoms with Crippen LogP contribution in [0.25, 0.3) is 11.1 Å². The first-order chi connectivity index (χ1) is 13.8. The summed E-state index contributed by atoms with van der Waals surface area (Å²) in [5.74, 6) is 0. The van der Waals surface area contributed by atoms with E-state index in [-0.39, 0.29) is 10.6 Å². The number of alkyl halides is 3. The second-order valence-corrected chi connectivity index (χ2v) is 7.39. The van der Waals surface area contributed by atoms with Crippen molar-refractivity contribution in [3.05, 3.63) is 94.5 Å². The van der Waals surface area contributed by atoms with Crippen LogP contribution in [0.15, 0.2) is 72.8 Å². The normalized spacial score (nSPS) is 12.9. The van der Waals surface area contributed by atoms with E-state index in [4.69, 9.17) is 11.6 Å². The smallest absolute Gasteiger partial charge is 0.387 e. The fraction of sp³-hybridized carbons (Fsp3) is 0.217. The van der Waals surface area contributed by atoms with Crippen molar-refractivity contribution in [1.82, 2.24) is 4.90 Å². The van der Waals surface area contributed by atoms with E-state index in [9.17, 15) is 18.3 Å². The number of nitrogens with zero attached hydrogens (tertiary/aromatic N) is 1. The zero-order valence-electron chi connectivity index (χ0n) is 15.8. The van der Waals surface area contributed by atoms with E-state index in [0.717, 1.165) is 17.2 Å². The van der Waals surface area contributed by atoms with E-state index in [1.54, 1.807) is 24.3 Å². The van der Waals surface area contributed by atoms with Crippen LogP contribution in [0, 0.1) is 0 Å². The fourth-order valence-corrected chi connectivity index (χ4v) is 3.60. The zero-order valence-corrected chi connectivity index (χ0v) is 16.6. The molecular weight excluding hydrogens is 399 g/mol. The average molecular weight is 420 g/mol. The highest BCUT2D eigenvalue weighted by molar-refractivity contribution is 6.33. The van der Waals surface area contributed by atoms with Crippen LogP contribution in [0.5, 0.6) is 0 Å². The van der Waals surface area contributed by atoms with Gasteiger partial charge in [0.15, 0.2) is 0 Å². The molecule has 0 heterocycles. The number of hydrogen-bond acceptors (Lipinski definition) is 2. The minimum Gasteiger partial charge on any atom is -0.387 e. The van der Waals surface area contributed by atoms with Crippen LogP contribution in [0.3, 0.4) is 0 Å². The Bertz CT molecular complexity index is 960. The first-order valence-corrected chi connectivity index (χ1v) is 9.50. The summed E-state index contributed by atoms with van der Waals surface area (Å²) >= 11 is 6.34.